The van der Waals surface area contributed by atoms with Crippen LogP contribution in [0.2, 0.25) is 0 Å². The summed E-state index contributed by atoms with van der Waals surface area (Å²) in [4.78, 5) is 0. The zero-order valence-corrected chi connectivity index (χ0v) is 8.53. The van der Waals surface area contributed by atoms with Crippen LogP contribution in [0.3, 0.4) is 0 Å². The van der Waals surface area contributed by atoms with E-state index in [1.165, 1.54) is 5.56 Å². The van der Waals surface area contributed by atoms with Crippen LogP contribution in [0.5, 0.6) is 0 Å². The summed E-state index contributed by atoms with van der Waals surface area (Å²) >= 11 is 0. The SMILES string of the molecule is CC[C@@H](CC#N)NCc1ccccc1. The highest BCUT2D eigenvalue weighted by Crippen LogP contribution is 2.01. The second kappa shape index (κ2) is 6.17. The molecule has 0 fully saturated rings. The van der Waals surface area contributed by atoms with Gasteiger partial charge >= 0.3 is 0 Å². The molecule has 2 heteroatoms. The van der Waals surface area contributed by atoms with Crippen LogP contribution in [-0.2, 0) is 6.54 Å². The first-order valence-corrected chi connectivity index (χ1v) is 5.01. The molecule has 1 aromatic carbocycles. The van der Waals surface area contributed by atoms with Crippen molar-refractivity contribution in [2.45, 2.75) is 32.4 Å². The summed E-state index contributed by atoms with van der Waals surface area (Å²) in [5, 5.41) is 11.9. The van der Waals surface area contributed by atoms with Crippen LogP contribution in [0, 0.1) is 11.3 Å². The molecule has 0 bridgehead atoms. The summed E-state index contributed by atoms with van der Waals surface area (Å²) in [7, 11) is 0. The van der Waals surface area contributed by atoms with Crippen molar-refractivity contribution in [2.24, 2.45) is 0 Å². The Labute approximate surface area is 85.6 Å². The molecule has 0 aliphatic rings. The topological polar surface area (TPSA) is 35.8 Å². The van der Waals surface area contributed by atoms with Crippen molar-refractivity contribution in [3.63, 3.8) is 0 Å². The van der Waals surface area contributed by atoms with E-state index >= 15 is 0 Å². The van der Waals surface area contributed by atoms with E-state index in [4.69, 9.17) is 5.26 Å². The van der Waals surface area contributed by atoms with Crippen LogP contribution >= 0.6 is 0 Å². The van der Waals surface area contributed by atoms with Crippen LogP contribution in [0.15, 0.2) is 30.3 Å². The third kappa shape index (κ3) is 3.59. The van der Waals surface area contributed by atoms with Crippen molar-refractivity contribution >= 4 is 0 Å². The van der Waals surface area contributed by atoms with Gasteiger partial charge in [-0.15, -0.1) is 0 Å². The third-order valence-corrected chi connectivity index (χ3v) is 2.27. The van der Waals surface area contributed by atoms with Crippen molar-refractivity contribution in [3.05, 3.63) is 35.9 Å². The van der Waals surface area contributed by atoms with E-state index in [0.29, 0.717) is 12.5 Å². The van der Waals surface area contributed by atoms with Gasteiger partial charge in [-0.05, 0) is 12.0 Å². The second-order valence-corrected chi connectivity index (χ2v) is 3.33. The van der Waals surface area contributed by atoms with Gasteiger partial charge in [-0.1, -0.05) is 37.3 Å². The molecule has 0 aromatic heterocycles. The van der Waals surface area contributed by atoms with Gasteiger partial charge in [0, 0.05) is 12.6 Å². The Bertz CT molecular complexity index is 287. The maximum atomic E-state index is 8.57. The van der Waals surface area contributed by atoms with E-state index < -0.39 is 0 Å². The van der Waals surface area contributed by atoms with E-state index in [9.17, 15) is 0 Å². The normalized spacial score (nSPS) is 12.0. The largest absolute Gasteiger partial charge is 0.309 e. The van der Waals surface area contributed by atoms with Crippen LogP contribution in [0.25, 0.3) is 0 Å². The van der Waals surface area contributed by atoms with Crippen LogP contribution in [0.1, 0.15) is 25.3 Å². The molecule has 1 N–H and O–H groups in total. The van der Waals surface area contributed by atoms with E-state index in [1.807, 2.05) is 18.2 Å². The summed E-state index contributed by atoms with van der Waals surface area (Å²) in [6.07, 6.45) is 1.59. The van der Waals surface area contributed by atoms with Gasteiger partial charge in [0.15, 0.2) is 0 Å². The average Bonchev–Trinajstić information content (AvgIpc) is 2.25. The molecule has 0 heterocycles. The molecule has 14 heavy (non-hydrogen) atoms. The molecule has 0 saturated carbocycles. The summed E-state index contributed by atoms with van der Waals surface area (Å²) in [6, 6.07) is 12.8. The summed E-state index contributed by atoms with van der Waals surface area (Å²) in [5.74, 6) is 0. The summed E-state index contributed by atoms with van der Waals surface area (Å²) in [5.41, 5.74) is 1.27. The first kappa shape index (κ1) is 10.7. The van der Waals surface area contributed by atoms with Gasteiger partial charge in [-0.25, -0.2) is 0 Å². The van der Waals surface area contributed by atoms with Crippen LogP contribution in [0.4, 0.5) is 0 Å². The number of benzene rings is 1. The number of nitrogens with zero attached hydrogens (tertiary/aromatic N) is 1. The molecule has 0 spiro atoms. The quantitative estimate of drug-likeness (QED) is 0.770. The molecular formula is C12H16N2. The van der Waals surface area contributed by atoms with Crippen molar-refractivity contribution in [1.82, 2.24) is 5.32 Å². The minimum Gasteiger partial charge on any atom is -0.309 e. The molecule has 1 atom stereocenters. The molecule has 0 saturated heterocycles. The lowest BCUT2D eigenvalue weighted by Gasteiger charge is -2.13. The lowest BCUT2D eigenvalue weighted by atomic mass is 10.1. The highest BCUT2D eigenvalue weighted by atomic mass is 14.9. The molecule has 0 amide bonds. The fourth-order valence-corrected chi connectivity index (χ4v) is 1.33. The van der Waals surface area contributed by atoms with Crippen molar-refractivity contribution in [2.75, 3.05) is 0 Å². The van der Waals surface area contributed by atoms with E-state index in [2.05, 4.69) is 30.4 Å². The smallest absolute Gasteiger partial charge is 0.0638 e. The van der Waals surface area contributed by atoms with Crippen LogP contribution in [-0.4, -0.2) is 6.04 Å². The average molecular weight is 188 g/mol. The summed E-state index contributed by atoms with van der Waals surface area (Å²) < 4.78 is 0. The Balaban J connectivity index is 2.36. The predicted molar refractivity (Wildman–Crippen MR) is 57.6 cm³/mol. The summed E-state index contributed by atoms with van der Waals surface area (Å²) in [6.45, 7) is 2.95. The van der Waals surface area contributed by atoms with Gasteiger partial charge in [0.1, 0.15) is 0 Å². The number of nitriles is 1. The second-order valence-electron chi connectivity index (χ2n) is 3.33. The van der Waals surface area contributed by atoms with Gasteiger partial charge < -0.3 is 5.32 Å². The van der Waals surface area contributed by atoms with Crippen molar-refractivity contribution in [1.29, 1.82) is 5.26 Å². The minimum absolute atomic E-state index is 0.320. The molecule has 2 nitrogen and oxygen atoms in total. The number of nitrogens with one attached hydrogen (secondary N) is 1. The fourth-order valence-electron chi connectivity index (χ4n) is 1.33. The molecule has 1 rings (SSSR count). The fraction of sp³-hybridized carbons (Fsp3) is 0.417. The van der Waals surface area contributed by atoms with Crippen molar-refractivity contribution in [3.8, 4) is 6.07 Å². The van der Waals surface area contributed by atoms with Gasteiger partial charge in [0.25, 0.3) is 0 Å². The zero-order valence-electron chi connectivity index (χ0n) is 8.53. The first-order chi connectivity index (χ1) is 6.86. The lowest BCUT2D eigenvalue weighted by Crippen LogP contribution is -2.27. The molecule has 74 valence electrons. The highest BCUT2D eigenvalue weighted by molar-refractivity contribution is 5.14. The maximum absolute atomic E-state index is 8.57. The number of hydrogen-bond acceptors (Lipinski definition) is 2. The molecule has 0 radical (unpaired) electrons. The Kier molecular flexibility index (Phi) is 4.74. The molecule has 0 unspecified atom stereocenters. The standard InChI is InChI=1S/C12H16N2/c1-2-12(8-9-13)14-10-11-6-4-3-5-7-11/h3-7,12,14H,2,8,10H2,1H3/t12-/m0/s1. The van der Waals surface area contributed by atoms with E-state index in [-0.39, 0.29) is 0 Å². The Hall–Kier alpha value is -1.33. The third-order valence-electron chi connectivity index (χ3n) is 2.27. The van der Waals surface area contributed by atoms with Crippen LogP contribution < -0.4 is 5.32 Å². The van der Waals surface area contributed by atoms with E-state index in [0.717, 1.165) is 13.0 Å². The number of hydrogen-bond donors (Lipinski definition) is 1. The first-order valence-electron chi connectivity index (χ1n) is 5.01. The monoisotopic (exact) mass is 188 g/mol. The predicted octanol–water partition coefficient (Wildman–Crippen LogP) is 2.47. The lowest BCUT2D eigenvalue weighted by molar-refractivity contribution is 0.505. The number of rotatable bonds is 5. The Morgan fingerprint density at radius 1 is 1.36 bits per heavy atom. The van der Waals surface area contributed by atoms with Gasteiger partial charge in [0.2, 0.25) is 0 Å². The molecule has 1 aromatic rings. The molecule has 0 aliphatic heterocycles. The van der Waals surface area contributed by atoms with Gasteiger partial charge in [0.05, 0.1) is 12.5 Å². The minimum atomic E-state index is 0.320. The Morgan fingerprint density at radius 2 is 2.07 bits per heavy atom. The van der Waals surface area contributed by atoms with E-state index in [1.54, 1.807) is 0 Å². The molecule has 0 aliphatic carbocycles. The zero-order chi connectivity index (χ0) is 10.2. The maximum Gasteiger partial charge on any atom is 0.0638 e. The van der Waals surface area contributed by atoms with Gasteiger partial charge in [-0.3, -0.25) is 0 Å². The van der Waals surface area contributed by atoms with Crippen molar-refractivity contribution < 1.29 is 0 Å². The highest BCUT2D eigenvalue weighted by Gasteiger charge is 2.03. The molecular weight excluding hydrogens is 172 g/mol. The van der Waals surface area contributed by atoms with Gasteiger partial charge in [-0.2, -0.15) is 5.26 Å². The Morgan fingerprint density at radius 3 is 2.64 bits per heavy atom.